The summed E-state index contributed by atoms with van der Waals surface area (Å²) in [5.74, 6) is 0.414. The Bertz CT molecular complexity index is 545. The fraction of sp³-hybridized carbons (Fsp3) is 0.700. The maximum Gasteiger partial charge on any atom is 0.238 e. The molecule has 1 spiro atoms. The minimum absolute atomic E-state index is 0.299. The van der Waals surface area contributed by atoms with Crippen molar-refractivity contribution >= 4 is 19.7 Å². The first kappa shape index (κ1) is 11.5. The highest BCUT2D eigenvalue weighted by Crippen LogP contribution is 2.49. The number of nitrogens with zero attached hydrogens (tertiary/aromatic N) is 1. The minimum atomic E-state index is -3.61. The van der Waals surface area contributed by atoms with Crippen molar-refractivity contribution in [2.45, 2.75) is 43.6 Å². The molecule has 1 fully saturated rings. The van der Waals surface area contributed by atoms with E-state index >= 15 is 0 Å². The lowest BCUT2D eigenvalue weighted by Gasteiger charge is -2.19. The number of halogens is 1. The normalized spacial score (nSPS) is 22.2. The van der Waals surface area contributed by atoms with Crippen LogP contribution in [0.5, 0.6) is 0 Å². The number of ether oxygens (including phenoxy) is 1. The van der Waals surface area contributed by atoms with Crippen LogP contribution in [-0.2, 0) is 31.7 Å². The standard InChI is InChI=1S/C10H12ClNO4S/c11-17(13,14)6-8-7-5-15-10(3-1-2-4-10)9(7)16-12-8/h1-6H2. The van der Waals surface area contributed by atoms with E-state index in [1.165, 1.54) is 0 Å². The molecule has 5 nitrogen and oxygen atoms in total. The number of rotatable bonds is 2. The first-order valence-electron chi connectivity index (χ1n) is 5.54. The van der Waals surface area contributed by atoms with Crippen LogP contribution in [0, 0.1) is 0 Å². The fourth-order valence-electron chi connectivity index (χ4n) is 2.72. The SMILES string of the molecule is O=S(=O)(Cl)Cc1noc2c1COC21CCCC1. The molecule has 0 radical (unpaired) electrons. The molecule has 2 heterocycles. The molecule has 3 rings (SSSR count). The minimum Gasteiger partial charge on any atom is -0.362 e. The second-order valence-corrected chi connectivity index (χ2v) is 7.39. The van der Waals surface area contributed by atoms with Gasteiger partial charge in [0, 0.05) is 16.2 Å². The molecule has 1 aromatic heterocycles. The van der Waals surface area contributed by atoms with Crippen LogP contribution in [0.1, 0.15) is 42.7 Å². The van der Waals surface area contributed by atoms with Crippen molar-refractivity contribution < 1.29 is 17.7 Å². The summed E-state index contributed by atoms with van der Waals surface area (Å²) in [6.07, 6.45) is 4.04. The summed E-state index contributed by atoms with van der Waals surface area (Å²) in [7, 11) is 1.62. The van der Waals surface area contributed by atoms with E-state index in [1.54, 1.807) is 0 Å². The van der Waals surface area contributed by atoms with Crippen molar-refractivity contribution in [2.24, 2.45) is 0 Å². The van der Waals surface area contributed by atoms with E-state index in [0.717, 1.165) is 31.2 Å². The summed E-state index contributed by atoms with van der Waals surface area (Å²) >= 11 is 0. The van der Waals surface area contributed by atoms with E-state index in [-0.39, 0.29) is 11.4 Å². The second kappa shape index (κ2) is 3.70. The molecule has 1 aliphatic carbocycles. The van der Waals surface area contributed by atoms with E-state index in [2.05, 4.69) is 5.16 Å². The maximum atomic E-state index is 11.1. The Morgan fingerprint density at radius 3 is 2.71 bits per heavy atom. The zero-order chi connectivity index (χ0) is 12.1. The molecule has 0 atom stereocenters. The molecule has 0 saturated heterocycles. The van der Waals surface area contributed by atoms with Gasteiger partial charge in [-0.3, -0.25) is 0 Å². The lowest BCUT2D eigenvalue weighted by Crippen LogP contribution is -2.19. The molecule has 0 N–H and O–H groups in total. The molecule has 2 aliphatic rings. The monoisotopic (exact) mass is 277 g/mol. The van der Waals surface area contributed by atoms with Crippen LogP contribution < -0.4 is 0 Å². The summed E-state index contributed by atoms with van der Waals surface area (Å²) in [6.45, 7) is 0.376. The Labute approximate surface area is 103 Å². The van der Waals surface area contributed by atoms with Crippen LogP contribution in [0.3, 0.4) is 0 Å². The predicted molar refractivity (Wildman–Crippen MR) is 59.9 cm³/mol. The summed E-state index contributed by atoms with van der Waals surface area (Å²) in [4.78, 5) is 0. The molecule has 17 heavy (non-hydrogen) atoms. The van der Waals surface area contributed by atoms with Gasteiger partial charge in [-0.2, -0.15) is 0 Å². The fourth-order valence-corrected chi connectivity index (χ4v) is 3.58. The second-order valence-electron chi connectivity index (χ2n) is 4.61. The van der Waals surface area contributed by atoms with Crippen molar-refractivity contribution in [1.29, 1.82) is 0 Å². The van der Waals surface area contributed by atoms with E-state index in [1.807, 2.05) is 0 Å². The summed E-state index contributed by atoms with van der Waals surface area (Å²) in [5.41, 5.74) is 0.811. The lowest BCUT2D eigenvalue weighted by atomic mass is 9.98. The number of aromatic nitrogens is 1. The third kappa shape index (κ3) is 1.88. The van der Waals surface area contributed by atoms with Crippen LogP contribution >= 0.6 is 10.7 Å². The third-order valence-corrected chi connectivity index (χ3v) is 4.44. The molecule has 0 unspecified atom stereocenters. The van der Waals surface area contributed by atoms with E-state index in [9.17, 15) is 8.42 Å². The van der Waals surface area contributed by atoms with E-state index < -0.39 is 9.05 Å². The predicted octanol–water partition coefficient (Wildman–Crippen LogP) is 2.04. The molecule has 7 heteroatoms. The number of fused-ring (bicyclic) bond motifs is 2. The summed E-state index contributed by atoms with van der Waals surface area (Å²) in [5, 5.41) is 3.82. The Kier molecular flexibility index (Phi) is 2.50. The van der Waals surface area contributed by atoms with Gasteiger partial charge in [0.2, 0.25) is 9.05 Å². The molecule has 94 valence electrons. The number of hydrogen-bond acceptors (Lipinski definition) is 5. The van der Waals surface area contributed by atoms with E-state index in [0.29, 0.717) is 18.1 Å². The smallest absolute Gasteiger partial charge is 0.238 e. The first-order chi connectivity index (χ1) is 8.00. The van der Waals surface area contributed by atoms with Gasteiger partial charge in [-0.05, 0) is 25.7 Å². The van der Waals surface area contributed by atoms with Crippen molar-refractivity contribution in [3.8, 4) is 0 Å². The molecular formula is C10H12ClNO4S. The lowest BCUT2D eigenvalue weighted by molar-refractivity contribution is -0.0486. The Morgan fingerprint density at radius 2 is 2.06 bits per heavy atom. The maximum absolute atomic E-state index is 11.1. The first-order valence-corrected chi connectivity index (χ1v) is 8.02. The highest BCUT2D eigenvalue weighted by atomic mass is 35.7. The van der Waals surface area contributed by atoms with Crippen LogP contribution in [0.2, 0.25) is 0 Å². The average molecular weight is 278 g/mol. The molecule has 1 aromatic rings. The van der Waals surface area contributed by atoms with Gasteiger partial charge in [0.1, 0.15) is 17.0 Å². The van der Waals surface area contributed by atoms with Crippen molar-refractivity contribution in [3.05, 3.63) is 17.0 Å². The van der Waals surface area contributed by atoms with Crippen LogP contribution in [0.25, 0.3) is 0 Å². The third-order valence-electron chi connectivity index (χ3n) is 3.50. The molecule has 0 bridgehead atoms. The summed E-state index contributed by atoms with van der Waals surface area (Å²) < 4.78 is 33.2. The van der Waals surface area contributed by atoms with Gasteiger partial charge in [-0.25, -0.2) is 8.42 Å². The van der Waals surface area contributed by atoms with Gasteiger partial charge in [0.25, 0.3) is 0 Å². The van der Waals surface area contributed by atoms with Crippen LogP contribution in [0.4, 0.5) is 0 Å². The quantitative estimate of drug-likeness (QED) is 0.774. The topological polar surface area (TPSA) is 69.4 Å². The van der Waals surface area contributed by atoms with E-state index in [4.69, 9.17) is 19.9 Å². The van der Waals surface area contributed by atoms with Crippen molar-refractivity contribution in [1.82, 2.24) is 5.16 Å². The van der Waals surface area contributed by atoms with Gasteiger partial charge >= 0.3 is 0 Å². The van der Waals surface area contributed by atoms with Gasteiger partial charge in [0.05, 0.1) is 6.61 Å². The Balaban J connectivity index is 1.98. The highest BCUT2D eigenvalue weighted by molar-refractivity contribution is 8.13. The van der Waals surface area contributed by atoms with Crippen LogP contribution in [0.15, 0.2) is 4.52 Å². The average Bonchev–Trinajstić information content (AvgIpc) is 2.87. The summed E-state index contributed by atoms with van der Waals surface area (Å²) in [6, 6.07) is 0. The van der Waals surface area contributed by atoms with Gasteiger partial charge < -0.3 is 9.26 Å². The molecule has 1 saturated carbocycles. The van der Waals surface area contributed by atoms with Gasteiger partial charge in [-0.1, -0.05) is 5.16 Å². The molecular weight excluding hydrogens is 266 g/mol. The van der Waals surface area contributed by atoms with Crippen molar-refractivity contribution in [2.75, 3.05) is 0 Å². The zero-order valence-electron chi connectivity index (χ0n) is 9.11. The molecule has 0 aromatic carbocycles. The largest absolute Gasteiger partial charge is 0.362 e. The van der Waals surface area contributed by atoms with Crippen molar-refractivity contribution in [3.63, 3.8) is 0 Å². The molecule has 1 aliphatic heterocycles. The van der Waals surface area contributed by atoms with Crippen LogP contribution in [-0.4, -0.2) is 13.6 Å². The Hall–Kier alpha value is -0.590. The highest BCUT2D eigenvalue weighted by Gasteiger charge is 2.47. The zero-order valence-corrected chi connectivity index (χ0v) is 10.7. The number of hydrogen-bond donors (Lipinski definition) is 0. The van der Waals surface area contributed by atoms with Gasteiger partial charge in [0.15, 0.2) is 5.76 Å². The Morgan fingerprint density at radius 1 is 1.35 bits per heavy atom. The molecule has 0 amide bonds. The van der Waals surface area contributed by atoms with Gasteiger partial charge in [-0.15, -0.1) is 0 Å².